The second kappa shape index (κ2) is 7.99. The minimum atomic E-state index is -0.416. The molecule has 0 fully saturated rings. The first-order valence-electron chi connectivity index (χ1n) is 6.68. The van der Waals surface area contributed by atoms with Crippen molar-refractivity contribution >= 4 is 23.1 Å². The van der Waals surface area contributed by atoms with Gasteiger partial charge in [0.2, 0.25) is 0 Å². The Bertz CT molecular complexity index is 452. The van der Waals surface area contributed by atoms with Crippen molar-refractivity contribution in [2.24, 2.45) is 0 Å². The molecular formula is C14H22N2O3S. The first kappa shape index (κ1) is 16.6. The van der Waals surface area contributed by atoms with Crippen LogP contribution in [0.1, 0.15) is 27.2 Å². The zero-order valence-electron chi connectivity index (χ0n) is 12.4. The molecule has 0 spiro atoms. The molecule has 0 radical (unpaired) electrons. The van der Waals surface area contributed by atoms with E-state index in [1.165, 1.54) is 6.07 Å². The van der Waals surface area contributed by atoms with Gasteiger partial charge < -0.3 is 10.1 Å². The van der Waals surface area contributed by atoms with E-state index in [0.717, 1.165) is 17.9 Å². The van der Waals surface area contributed by atoms with Gasteiger partial charge >= 0.3 is 5.69 Å². The molecule has 0 saturated heterocycles. The summed E-state index contributed by atoms with van der Waals surface area (Å²) in [7, 11) is 0. The number of anilines is 1. The number of ether oxygens (including phenoxy) is 1. The summed E-state index contributed by atoms with van der Waals surface area (Å²) >= 11 is 1.77. The predicted octanol–water partition coefficient (Wildman–Crippen LogP) is 3.94. The van der Waals surface area contributed by atoms with Crippen molar-refractivity contribution in [3.05, 3.63) is 28.3 Å². The summed E-state index contributed by atoms with van der Waals surface area (Å²) in [4.78, 5) is 10.6. The van der Waals surface area contributed by atoms with Gasteiger partial charge in [0, 0.05) is 29.6 Å². The topological polar surface area (TPSA) is 64.4 Å². The molecule has 20 heavy (non-hydrogen) atoms. The van der Waals surface area contributed by atoms with E-state index in [4.69, 9.17) is 4.74 Å². The molecule has 0 aliphatic heterocycles. The van der Waals surface area contributed by atoms with Crippen LogP contribution in [0, 0.1) is 10.1 Å². The molecule has 0 saturated carbocycles. The van der Waals surface area contributed by atoms with Crippen LogP contribution in [-0.4, -0.2) is 29.1 Å². The zero-order valence-corrected chi connectivity index (χ0v) is 13.2. The molecule has 0 heterocycles. The number of nitrogens with one attached hydrogen (secondary N) is 1. The van der Waals surface area contributed by atoms with Crippen LogP contribution in [0.25, 0.3) is 0 Å². The fourth-order valence-corrected chi connectivity index (χ4v) is 2.52. The van der Waals surface area contributed by atoms with Gasteiger partial charge in [0.15, 0.2) is 5.75 Å². The molecule has 1 atom stereocenters. The lowest BCUT2D eigenvalue weighted by Gasteiger charge is -2.18. The van der Waals surface area contributed by atoms with Gasteiger partial charge in [-0.3, -0.25) is 10.1 Å². The van der Waals surface area contributed by atoms with Gasteiger partial charge in [-0.1, -0.05) is 6.92 Å². The fraction of sp³-hybridized carbons (Fsp3) is 0.571. The minimum absolute atomic E-state index is 0.00200. The smallest absolute Gasteiger partial charge is 0.311 e. The van der Waals surface area contributed by atoms with Crippen molar-refractivity contribution < 1.29 is 9.66 Å². The third-order valence-electron chi connectivity index (χ3n) is 2.75. The number of thioether (sulfide) groups is 1. The average molecular weight is 298 g/mol. The van der Waals surface area contributed by atoms with E-state index in [0.29, 0.717) is 11.8 Å². The maximum Gasteiger partial charge on any atom is 0.311 e. The van der Waals surface area contributed by atoms with Crippen LogP contribution in [-0.2, 0) is 0 Å². The molecule has 0 aromatic heterocycles. The van der Waals surface area contributed by atoms with E-state index in [1.807, 2.05) is 13.8 Å². The number of rotatable bonds is 8. The van der Waals surface area contributed by atoms with E-state index in [1.54, 1.807) is 23.9 Å². The molecule has 0 bridgehead atoms. The summed E-state index contributed by atoms with van der Waals surface area (Å²) in [6.45, 7) is 5.82. The van der Waals surface area contributed by atoms with Gasteiger partial charge in [0.1, 0.15) is 0 Å². The van der Waals surface area contributed by atoms with E-state index in [9.17, 15) is 10.1 Å². The first-order chi connectivity index (χ1) is 9.47. The summed E-state index contributed by atoms with van der Waals surface area (Å²) in [5, 5.41) is 14.4. The first-order valence-corrected chi connectivity index (χ1v) is 8.07. The standard InChI is InChI=1S/C14H22N2O3S/c1-5-11(9-20-4)15-12-6-7-13(16(17)18)14(8-12)19-10(2)3/h6-8,10-11,15H,5,9H2,1-4H3. The molecule has 0 aliphatic rings. The number of nitrogens with zero attached hydrogens (tertiary/aromatic N) is 1. The molecule has 1 N–H and O–H groups in total. The third kappa shape index (κ3) is 4.92. The van der Waals surface area contributed by atoms with Crippen molar-refractivity contribution in [2.45, 2.75) is 39.3 Å². The number of hydrogen-bond donors (Lipinski definition) is 1. The lowest BCUT2D eigenvalue weighted by molar-refractivity contribution is -0.386. The molecule has 6 heteroatoms. The number of benzene rings is 1. The Morgan fingerprint density at radius 3 is 2.65 bits per heavy atom. The van der Waals surface area contributed by atoms with Gasteiger partial charge in [-0.05, 0) is 32.6 Å². The Labute approximate surface area is 124 Å². The van der Waals surface area contributed by atoms with Crippen LogP contribution >= 0.6 is 11.8 Å². The number of hydrogen-bond acceptors (Lipinski definition) is 5. The lowest BCUT2D eigenvalue weighted by atomic mass is 10.2. The molecule has 1 unspecified atom stereocenters. The van der Waals surface area contributed by atoms with Crippen molar-refractivity contribution in [3.63, 3.8) is 0 Å². The summed E-state index contributed by atoms with van der Waals surface area (Å²) in [5.74, 6) is 1.31. The highest BCUT2D eigenvalue weighted by Crippen LogP contribution is 2.31. The second-order valence-corrected chi connectivity index (χ2v) is 5.72. The molecule has 1 aromatic rings. The van der Waals surface area contributed by atoms with Crippen LogP contribution < -0.4 is 10.1 Å². The van der Waals surface area contributed by atoms with E-state index in [-0.39, 0.29) is 11.8 Å². The Balaban J connectivity index is 2.96. The predicted molar refractivity (Wildman–Crippen MR) is 84.9 cm³/mol. The van der Waals surface area contributed by atoms with Crippen LogP contribution in [0.2, 0.25) is 0 Å². The number of nitro benzene ring substituents is 1. The highest BCUT2D eigenvalue weighted by atomic mass is 32.2. The Morgan fingerprint density at radius 2 is 2.15 bits per heavy atom. The quantitative estimate of drug-likeness (QED) is 0.582. The molecule has 5 nitrogen and oxygen atoms in total. The lowest BCUT2D eigenvalue weighted by Crippen LogP contribution is -2.21. The second-order valence-electron chi connectivity index (χ2n) is 4.81. The van der Waals surface area contributed by atoms with Crippen molar-refractivity contribution in [1.29, 1.82) is 0 Å². The molecular weight excluding hydrogens is 276 g/mol. The number of nitro groups is 1. The summed E-state index contributed by atoms with van der Waals surface area (Å²) in [6, 6.07) is 5.28. The van der Waals surface area contributed by atoms with Crippen LogP contribution in [0.15, 0.2) is 18.2 Å². The van der Waals surface area contributed by atoms with Crippen molar-refractivity contribution in [3.8, 4) is 5.75 Å². The van der Waals surface area contributed by atoms with Gasteiger partial charge in [0.05, 0.1) is 11.0 Å². The Hall–Kier alpha value is -1.43. The van der Waals surface area contributed by atoms with Gasteiger partial charge in [-0.15, -0.1) is 0 Å². The highest BCUT2D eigenvalue weighted by Gasteiger charge is 2.17. The summed E-state index contributed by atoms with van der Waals surface area (Å²) < 4.78 is 5.54. The maximum absolute atomic E-state index is 11.0. The van der Waals surface area contributed by atoms with E-state index >= 15 is 0 Å². The van der Waals surface area contributed by atoms with Crippen molar-refractivity contribution in [2.75, 3.05) is 17.3 Å². The molecule has 1 rings (SSSR count). The molecule has 0 amide bonds. The van der Waals surface area contributed by atoms with Gasteiger partial charge in [0.25, 0.3) is 0 Å². The third-order valence-corrected chi connectivity index (χ3v) is 3.49. The van der Waals surface area contributed by atoms with E-state index < -0.39 is 4.92 Å². The molecule has 1 aromatic carbocycles. The van der Waals surface area contributed by atoms with E-state index in [2.05, 4.69) is 18.5 Å². The maximum atomic E-state index is 11.0. The van der Waals surface area contributed by atoms with Crippen LogP contribution in [0.4, 0.5) is 11.4 Å². The Morgan fingerprint density at radius 1 is 1.45 bits per heavy atom. The fourth-order valence-electron chi connectivity index (χ4n) is 1.80. The largest absolute Gasteiger partial charge is 0.484 e. The monoisotopic (exact) mass is 298 g/mol. The van der Waals surface area contributed by atoms with Gasteiger partial charge in [-0.2, -0.15) is 11.8 Å². The van der Waals surface area contributed by atoms with Gasteiger partial charge in [-0.25, -0.2) is 0 Å². The van der Waals surface area contributed by atoms with Crippen LogP contribution in [0.3, 0.4) is 0 Å². The zero-order chi connectivity index (χ0) is 15.1. The van der Waals surface area contributed by atoms with Crippen molar-refractivity contribution in [1.82, 2.24) is 0 Å². The highest BCUT2D eigenvalue weighted by molar-refractivity contribution is 7.98. The average Bonchev–Trinajstić information content (AvgIpc) is 2.37. The summed E-state index contributed by atoms with van der Waals surface area (Å²) in [5.41, 5.74) is 0.856. The summed E-state index contributed by atoms with van der Waals surface area (Å²) in [6.07, 6.45) is 2.96. The normalized spacial score (nSPS) is 12.2. The van der Waals surface area contributed by atoms with Crippen LogP contribution in [0.5, 0.6) is 5.75 Å². The Kier molecular flexibility index (Phi) is 6.64. The molecule has 0 aliphatic carbocycles. The SMILES string of the molecule is CCC(CSC)Nc1ccc([N+](=O)[O-])c(OC(C)C)c1. The minimum Gasteiger partial charge on any atom is -0.484 e. The molecule has 112 valence electrons.